The Kier molecular flexibility index (Phi) is 13.3. The van der Waals surface area contributed by atoms with Gasteiger partial charge in [-0.05, 0) is 60.7 Å². The molecule has 5 rings (SSSR count). The zero-order valence-corrected chi connectivity index (χ0v) is 28.4. The molecule has 1 atom stereocenters. The number of para-hydroxylation sites is 1. The van der Waals surface area contributed by atoms with E-state index in [1.54, 1.807) is 30.5 Å². The van der Waals surface area contributed by atoms with Crippen LogP contribution < -0.4 is 15.4 Å². The summed E-state index contributed by atoms with van der Waals surface area (Å²) in [6.45, 7) is 2.34. The zero-order valence-electron chi connectivity index (χ0n) is 26.7. The predicted molar refractivity (Wildman–Crippen MR) is 188 cm³/mol. The van der Waals surface area contributed by atoms with Crippen LogP contribution in [-0.4, -0.2) is 53.3 Å². The van der Waals surface area contributed by atoms with Crippen LogP contribution in [0.25, 0.3) is 0 Å². The van der Waals surface area contributed by atoms with Gasteiger partial charge in [-0.2, -0.15) is 0 Å². The smallest absolute Gasteiger partial charge is 0.411 e. The number of nitrogens with zero attached hydrogens (tertiary/aromatic N) is 3. The molecular weight excluding hydrogens is 647 g/mol. The minimum atomic E-state index is -0.507. The van der Waals surface area contributed by atoms with Crippen molar-refractivity contribution < 1.29 is 23.8 Å². The number of ether oxygens (including phenoxy) is 3. The molecule has 5 aromatic rings. The lowest BCUT2D eigenvalue weighted by Crippen LogP contribution is -2.45. The lowest BCUT2D eigenvalue weighted by molar-refractivity contribution is 0.131. The van der Waals surface area contributed by atoms with Crippen molar-refractivity contribution in [3.05, 3.63) is 129 Å². The van der Waals surface area contributed by atoms with Gasteiger partial charge in [-0.1, -0.05) is 60.7 Å². The lowest BCUT2D eigenvalue weighted by atomic mass is 10.0. The van der Waals surface area contributed by atoms with Gasteiger partial charge in [-0.3, -0.25) is 20.2 Å². The number of anilines is 1. The number of alkyl carbamates (subject to hydrolysis) is 1. The molecule has 0 saturated heterocycles. The van der Waals surface area contributed by atoms with Crippen LogP contribution >= 0.6 is 22.7 Å². The van der Waals surface area contributed by atoms with Gasteiger partial charge in [0.05, 0.1) is 27.9 Å². The maximum absolute atomic E-state index is 13.0. The van der Waals surface area contributed by atoms with Crippen LogP contribution in [0.15, 0.2) is 102 Å². The Labute approximate surface area is 288 Å². The first kappa shape index (κ1) is 34.6. The van der Waals surface area contributed by atoms with Crippen LogP contribution in [0, 0.1) is 0 Å². The Morgan fingerprint density at radius 3 is 2.23 bits per heavy atom. The highest BCUT2D eigenvalue weighted by molar-refractivity contribution is 7.09. The van der Waals surface area contributed by atoms with Crippen LogP contribution in [0.2, 0.25) is 0 Å². The van der Waals surface area contributed by atoms with E-state index in [0.29, 0.717) is 19.5 Å². The van der Waals surface area contributed by atoms with E-state index in [1.165, 1.54) is 22.7 Å². The molecule has 0 spiro atoms. The molecule has 0 radical (unpaired) electrons. The topological polar surface area (TPSA) is 115 Å². The highest BCUT2D eigenvalue weighted by Crippen LogP contribution is 2.20. The Hall–Kier alpha value is -4.78. The molecule has 0 saturated carbocycles. The van der Waals surface area contributed by atoms with Gasteiger partial charge in [0.2, 0.25) is 0 Å². The summed E-state index contributed by atoms with van der Waals surface area (Å²) in [5.74, 6) is 0.792. The molecule has 250 valence electrons. The molecule has 10 nitrogen and oxygen atoms in total. The summed E-state index contributed by atoms with van der Waals surface area (Å²) in [6.07, 6.45) is 4.60. The summed E-state index contributed by atoms with van der Waals surface area (Å²) in [7, 11) is 1.66. The highest BCUT2D eigenvalue weighted by atomic mass is 32.1. The fraction of sp³-hybridized carbons (Fsp3) is 0.278. The Balaban J connectivity index is 1.26. The van der Waals surface area contributed by atoms with Crippen molar-refractivity contribution in [3.63, 3.8) is 0 Å². The SMILES string of the molecule is COc1cccc(CN(CCCc2ccccc2NC(=O)OCc2cncs2)C[C@H](Cc2ccccc2)NC(=O)OCc2cncs2)c1. The minimum absolute atomic E-state index is 0.175. The third kappa shape index (κ3) is 11.5. The van der Waals surface area contributed by atoms with Crippen molar-refractivity contribution in [2.24, 2.45) is 0 Å². The number of thiazole rings is 2. The molecule has 2 N–H and O–H groups in total. The van der Waals surface area contributed by atoms with Crippen LogP contribution in [0.3, 0.4) is 0 Å². The van der Waals surface area contributed by atoms with Gasteiger partial charge in [0.15, 0.2) is 0 Å². The van der Waals surface area contributed by atoms with E-state index in [2.05, 4.69) is 43.7 Å². The van der Waals surface area contributed by atoms with Crippen LogP contribution in [0.1, 0.15) is 32.9 Å². The predicted octanol–water partition coefficient (Wildman–Crippen LogP) is 7.33. The minimum Gasteiger partial charge on any atom is -0.497 e. The average Bonchev–Trinajstić information content (AvgIpc) is 3.83. The summed E-state index contributed by atoms with van der Waals surface area (Å²) >= 11 is 2.89. The standard InChI is InChI=1S/C36H39N5O5S2/c1-44-31-14-7-11-28(18-31)21-41(16-8-13-29-12-5-6-15-34(29)40-36(43)46-24-33-20-38-26-48-33)22-30(17-27-9-3-2-4-10-27)39-35(42)45-23-32-19-37-25-47-32/h2-7,9-12,14-15,18-20,25-26,30H,8,13,16-17,21-24H2,1H3,(H,39,42)(H,40,43)/t30-/m0/s1. The average molecular weight is 686 g/mol. The van der Waals surface area contributed by atoms with E-state index >= 15 is 0 Å². The molecule has 0 aliphatic heterocycles. The number of nitrogens with one attached hydrogen (secondary N) is 2. The number of hydrogen-bond donors (Lipinski definition) is 2. The monoisotopic (exact) mass is 685 g/mol. The first-order valence-electron chi connectivity index (χ1n) is 15.6. The fourth-order valence-corrected chi connectivity index (χ4v) is 6.25. The second kappa shape index (κ2) is 18.5. The normalized spacial score (nSPS) is 11.5. The molecule has 2 amide bonds. The number of carbonyl (C=O) groups excluding carboxylic acids is 2. The summed E-state index contributed by atoms with van der Waals surface area (Å²) in [4.78, 5) is 37.7. The van der Waals surface area contributed by atoms with Crippen molar-refractivity contribution in [2.45, 2.75) is 45.1 Å². The number of methoxy groups -OCH3 is 1. The van der Waals surface area contributed by atoms with Crippen LogP contribution in [0.5, 0.6) is 5.75 Å². The largest absolute Gasteiger partial charge is 0.497 e. The highest BCUT2D eigenvalue weighted by Gasteiger charge is 2.20. The number of aromatic nitrogens is 2. The third-order valence-electron chi connectivity index (χ3n) is 7.50. The quantitative estimate of drug-likeness (QED) is 0.105. The molecular formula is C36H39N5O5S2. The Morgan fingerprint density at radius 1 is 0.833 bits per heavy atom. The molecule has 12 heteroatoms. The Morgan fingerprint density at radius 2 is 1.52 bits per heavy atom. The number of amides is 2. The van der Waals surface area contributed by atoms with Crippen molar-refractivity contribution in [3.8, 4) is 5.75 Å². The van der Waals surface area contributed by atoms with E-state index in [0.717, 1.165) is 57.3 Å². The second-order valence-electron chi connectivity index (χ2n) is 11.1. The molecule has 3 aromatic carbocycles. The molecule has 0 fully saturated rings. The third-order valence-corrected chi connectivity index (χ3v) is 9.00. The van der Waals surface area contributed by atoms with Crippen molar-refractivity contribution >= 4 is 40.5 Å². The molecule has 0 unspecified atom stereocenters. The summed E-state index contributed by atoms with van der Waals surface area (Å²) in [6, 6.07) is 25.7. The van der Waals surface area contributed by atoms with Crippen molar-refractivity contribution in [1.29, 1.82) is 0 Å². The molecule has 0 aliphatic rings. The number of carbonyl (C=O) groups is 2. The van der Waals surface area contributed by atoms with Crippen molar-refractivity contribution in [1.82, 2.24) is 20.2 Å². The number of hydrogen-bond acceptors (Lipinski definition) is 10. The summed E-state index contributed by atoms with van der Waals surface area (Å²) in [5, 5.41) is 6.02. The summed E-state index contributed by atoms with van der Waals surface area (Å²) < 4.78 is 16.4. The van der Waals surface area contributed by atoms with Gasteiger partial charge in [0.1, 0.15) is 19.0 Å². The maximum atomic E-state index is 13.0. The van der Waals surface area contributed by atoms with E-state index in [9.17, 15) is 9.59 Å². The molecule has 0 aliphatic carbocycles. The van der Waals surface area contributed by atoms with Crippen molar-refractivity contribution in [2.75, 3.05) is 25.5 Å². The Bertz CT molecular complexity index is 1690. The molecule has 0 bridgehead atoms. The second-order valence-corrected chi connectivity index (χ2v) is 13.0. The van der Waals surface area contributed by atoms with E-state index in [1.807, 2.05) is 60.7 Å². The molecule has 2 aromatic heterocycles. The number of benzene rings is 3. The van der Waals surface area contributed by atoms with Gasteiger partial charge in [0.25, 0.3) is 0 Å². The van der Waals surface area contributed by atoms with Gasteiger partial charge in [-0.15, -0.1) is 22.7 Å². The first-order chi connectivity index (χ1) is 23.5. The first-order valence-corrected chi connectivity index (χ1v) is 17.4. The fourth-order valence-electron chi connectivity index (χ4n) is 5.24. The van der Waals surface area contributed by atoms with Gasteiger partial charge < -0.3 is 19.5 Å². The lowest BCUT2D eigenvalue weighted by Gasteiger charge is -2.28. The maximum Gasteiger partial charge on any atom is 0.411 e. The van der Waals surface area contributed by atoms with Crippen LogP contribution in [0.4, 0.5) is 15.3 Å². The van der Waals surface area contributed by atoms with E-state index in [4.69, 9.17) is 14.2 Å². The summed E-state index contributed by atoms with van der Waals surface area (Å²) in [5.41, 5.74) is 7.38. The molecule has 2 heterocycles. The zero-order chi connectivity index (χ0) is 33.4. The van der Waals surface area contributed by atoms with E-state index in [-0.39, 0.29) is 19.3 Å². The van der Waals surface area contributed by atoms with E-state index < -0.39 is 12.2 Å². The molecule has 48 heavy (non-hydrogen) atoms. The number of rotatable bonds is 17. The van der Waals surface area contributed by atoms with Crippen LogP contribution in [-0.2, 0) is 42.1 Å². The van der Waals surface area contributed by atoms with Gasteiger partial charge in [-0.25, -0.2) is 9.59 Å². The van der Waals surface area contributed by atoms with Gasteiger partial charge in [0, 0.05) is 37.2 Å². The van der Waals surface area contributed by atoms with Gasteiger partial charge >= 0.3 is 12.2 Å². The number of aryl methyl sites for hydroxylation is 1.